The molecule has 3 nitrogen and oxygen atoms in total. The topological polar surface area (TPSA) is 37.1 Å². The van der Waals surface area contributed by atoms with E-state index in [1.54, 1.807) is 23.5 Å². The fourth-order valence-electron chi connectivity index (χ4n) is 1.92. The Morgan fingerprint density at radius 1 is 1.38 bits per heavy atom. The van der Waals surface area contributed by atoms with Crippen molar-refractivity contribution in [2.24, 2.45) is 0 Å². The first-order valence-electron chi connectivity index (χ1n) is 5.30. The van der Waals surface area contributed by atoms with Crippen LogP contribution in [0.1, 0.15) is 13.8 Å². The van der Waals surface area contributed by atoms with E-state index >= 15 is 0 Å². The fourth-order valence-corrected chi connectivity index (χ4v) is 9.67. The average molecular weight is 345 g/mol. The summed E-state index contributed by atoms with van der Waals surface area (Å²) in [5.41, 5.74) is 0. The van der Waals surface area contributed by atoms with Crippen LogP contribution in [0.3, 0.4) is 0 Å². The molecule has 0 spiro atoms. The average Bonchev–Trinajstić information content (AvgIpc) is 2.69. The Labute approximate surface area is 113 Å². The molecule has 0 N–H and O–H groups in total. The highest BCUT2D eigenvalue weighted by molar-refractivity contribution is 9.11. The number of rotatable bonds is 2. The van der Waals surface area contributed by atoms with Crippen molar-refractivity contribution in [1.29, 1.82) is 0 Å². The minimum Gasteiger partial charge on any atom is -0.228 e. The van der Waals surface area contributed by atoms with Gasteiger partial charge in [-0.25, -0.2) is 13.0 Å². The largest absolute Gasteiger partial charge is 0.270 e. The summed E-state index contributed by atoms with van der Waals surface area (Å²) in [6.45, 7) is 6.25. The second-order valence-corrected chi connectivity index (χ2v) is 10.3. The molecule has 0 aromatic carbocycles. The van der Waals surface area contributed by atoms with E-state index < -0.39 is 9.84 Å². The van der Waals surface area contributed by atoms with E-state index in [9.17, 15) is 8.42 Å². The first kappa shape index (κ1) is 13.2. The van der Waals surface area contributed by atoms with E-state index in [1.165, 1.54) is 4.38 Å². The summed E-state index contributed by atoms with van der Waals surface area (Å²) in [7, 11) is -2.90. The Balaban J connectivity index is 2.22. The van der Waals surface area contributed by atoms with Crippen molar-refractivity contribution < 1.29 is 13.0 Å². The molecule has 7 heteroatoms. The van der Waals surface area contributed by atoms with Crippen LogP contribution in [-0.2, 0) is 9.84 Å². The first-order valence-corrected chi connectivity index (χ1v) is 9.69. The third-order valence-electron chi connectivity index (χ3n) is 2.88. The molecule has 0 radical (unpaired) electrons. The van der Waals surface area contributed by atoms with Crippen LogP contribution in [-0.4, -0.2) is 50.9 Å². The predicted octanol–water partition coefficient (Wildman–Crippen LogP) is 1.76. The molecule has 0 bridgehead atoms. The second-order valence-electron chi connectivity index (χ2n) is 3.86. The van der Waals surface area contributed by atoms with Crippen LogP contribution in [0, 0.1) is 0 Å². The zero-order valence-electron chi connectivity index (χ0n) is 9.22. The number of alkyl halides is 1. The highest BCUT2D eigenvalue weighted by Gasteiger charge is 2.53. The molecule has 2 saturated heterocycles. The lowest BCUT2D eigenvalue weighted by molar-refractivity contribution is -0.515. The molecule has 2 rings (SSSR count). The molecular weight excluding hydrogens is 330 g/mol. The number of thioether (sulfide) groups is 2. The molecule has 0 unspecified atom stereocenters. The molecule has 0 aromatic heterocycles. The number of fused-ring (bicyclic) bond motifs is 1. The standard InChI is InChI=1S/C9H15BrNO2S3/c1-3-11(4-2)9-14-6-5-16(12,13)8(10)7(6)15-9/h6-8H,3-5H2,1-2H3/q+1/t6-,7-,8-/m1/s1. The van der Waals surface area contributed by atoms with Crippen LogP contribution < -0.4 is 0 Å². The van der Waals surface area contributed by atoms with Crippen molar-refractivity contribution >= 4 is 53.7 Å². The molecule has 92 valence electrons. The quantitative estimate of drug-likeness (QED) is 0.565. The molecule has 16 heavy (non-hydrogen) atoms. The lowest BCUT2D eigenvalue weighted by atomic mass is 10.4. The normalized spacial score (nSPS) is 36.4. The Kier molecular flexibility index (Phi) is 3.99. The highest BCUT2D eigenvalue weighted by Crippen LogP contribution is 2.49. The van der Waals surface area contributed by atoms with Gasteiger partial charge < -0.3 is 0 Å². The molecule has 2 fully saturated rings. The summed E-state index contributed by atoms with van der Waals surface area (Å²) < 4.78 is 26.6. The zero-order chi connectivity index (χ0) is 11.9. The molecule has 2 aliphatic heterocycles. The molecule has 3 atom stereocenters. The van der Waals surface area contributed by atoms with Gasteiger partial charge in [-0.2, -0.15) is 0 Å². The van der Waals surface area contributed by atoms with Gasteiger partial charge in [0.2, 0.25) is 0 Å². The lowest BCUT2D eigenvalue weighted by Crippen LogP contribution is -2.19. The van der Waals surface area contributed by atoms with E-state index in [1.807, 2.05) is 0 Å². The number of halogens is 1. The fraction of sp³-hybridized carbons (Fsp3) is 0.889. The molecule has 2 heterocycles. The van der Waals surface area contributed by atoms with Crippen molar-refractivity contribution in [3.63, 3.8) is 0 Å². The van der Waals surface area contributed by atoms with Crippen LogP contribution in [0.2, 0.25) is 0 Å². The number of sulfone groups is 1. The van der Waals surface area contributed by atoms with Crippen LogP contribution in [0.4, 0.5) is 0 Å². The first-order chi connectivity index (χ1) is 7.49. The molecular formula is C9H15BrNO2S3+. The Morgan fingerprint density at radius 3 is 2.50 bits per heavy atom. The van der Waals surface area contributed by atoms with Crippen molar-refractivity contribution in [3.05, 3.63) is 0 Å². The van der Waals surface area contributed by atoms with Crippen molar-refractivity contribution in [1.82, 2.24) is 0 Å². The number of hydrogen-bond acceptors (Lipinski definition) is 4. The summed E-state index contributed by atoms with van der Waals surface area (Å²) in [6.07, 6.45) is 0. The summed E-state index contributed by atoms with van der Waals surface area (Å²) >= 11 is 6.80. The van der Waals surface area contributed by atoms with Gasteiger partial charge in [0.25, 0.3) is 4.38 Å². The van der Waals surface area contributed by atoms with Gasteiger partial charge in [-0.05, 0) is 37.4 Å². The van der Waals surface area contributed by atoms with Crippen molar-refractivity contribution in [2.45, 2.75) is 28.5 Å². The third kappa shape index (κ3) is 2.20. The Hall–Kier alpha value is 0.800. The SMILES string of the molecule is CC[N+](CC)=C1S[C@@H]2[C@@H](CS(=O)(=O)[C@H]2Br)S1. The molecule has 0 saturated carbocycles. The summed E-state index contributed by atoms with van der Waals surface area (Å²) in [6, 6.07) is 0. The van der Waals surface area contributed by atoms with E-state index in [-0.39, 0.29) is 14.7 Å². The maximum absolute atomic E-state index is 11.7. The molecule has 2 aliphatic rings. The van der Waals surface area contributed by atoms with Gasteiger partial charge in [-0.3, -0.25) is 0 Å². The van der Waals surface area contributed by atoms with Gasteiger partial charge in [0, 0.05) is 5.25 Å². The van der Waals surface area contributed by atoms with Crippen LogP contribution >= 0.6 is 39.5 Å². The molecule has 0 amide bonds. The number of hydrogen-bond donors (Lipinski definition) is 0. The summed E-state index contributed by atoms with van der Waals surface area (Å²) in [5.74, 6) is 0.315. The molecule has 0 aliphatic carbocycles. The Bertz CT molecular complexity index is 414. The van der Waals surface area contributed by atoms with E-state index in [4.69, 9.17) is 0 Å². The molecule has 0 aromatic rings. The monoisotopic (exact) mass is 344 g/mol. The Morgan fingerprint density at radius 2 is 2.00 bits per heavy atom. The second kappa shape index (κ2) is 4.82. The van der Waals surface area contributed by atoms with Gasteiger partial charge in [0.15, 0.2) is 9.84 Å². The third-order valence-corrected chi connectivity index (χ3v) is 11.0. The van der Waals surface area contributed by atoms with Gasteiger partial charge >= 0.3 is 0 Å². The maximum Gasteiger partial charge on any atom is 0.270 e. The van der Waals surface area contributed by atoms with Crippen molar-refractivity contribution in [3.8, 4) is 0 Å². The smallest absolute Gasteiger partial charge is 0.228 e. The maximum atomic E-state index is 11.7. The van der Waals surface area contributed by atoms with E-state index in [0.717, 1.165) is 13.1 Å². The lowest BCUT2D eigenvalue weighted by Gasteiger charge is -2.06. The van der Waals surface area contributed by atoms with Gasteiger partial charge in [0.1, 0.15) is 17.2 Å². The van der Waals surface area contributed by atoms with Crippen molar-refractivity contribution in [2.75, 3.05) is 18.8 Å². The van der Waals surface area contributed by atoms with Crippen LogP contribution in [0.25, 0.3) is 0 Å². The van der Waals surface area contributed by atoms with Gasteiger partial charge in [-0.15, -0.1) is 0 Å². The highest BCUT2D eigenvalue weighted by atomic mass is 79.9. The minimum atomic E-state index is -2.90. The van der Waals surface area contributed by atoms with E-state index in [0.29, 0.717) is 5.75 Å². The van der Waals surface area contributed by atoms with Gasteiger partial charge in [-0.1, -0.05) is 15.9 Å². The van der Waals surface area contributed by atoms with Crippen LogP contribution in [0.5, 0.6) is 0 Å². The van der Waals surface area contributed by atoms with E-state index in [2.05, 4.69) is 34.4 Å². The zero-order valence-corrected chi connectivity index (χ0v) is 13.3. The van der Waals surface area contributed by atoms with Gasteiger partial charge in [0.05, 0.1) is 11.0 Å². The summed E-state index contributed by atoms with van der Waals surface area (Å²) in [5, 5.41) is 0.417. The summed E-state index contributed by atoms with van der Waals surface area (Å²) in [4.78, 5) is 0. The minimum absolute atomic E-state index is 0.186. The number of nitrogens with zero attached hydrogens (tertiary/aromatic N) is 1. The predicted molar refractivity (Wildman–Crippen MR) is 75.6 cm³/mol. The van der Waals surface area contributed by atoms with Crippen LogP contribution in [0.15, 0.2) is 0 Å².